The summed E-state index contributed by atoms with van der Waals surface area (Å²) in [7, 11) is -1.14. The number of hydrogen-bond acceptors (Lipinski definition) is 5. The monoisotopic (exact) mass is 222 g/mol. The maximum Gasteiger partial charge on any atom is 0.308 e. The van der Waals surface area contributed by atoms with Gasteiger partial charge in [0, 0.05) is 0 Å². The van der Waals surface area contributed by atoms with Crippen molar-refractivity contribution < 1.29 is 22.7 Å². The number of esters is 1. The van der Waals surface area contributed by atoms with Crippen molar-refractivity contribution in [2.24, 2.45) is 5.92 Å². The van der Waals surface area contributed by atoms with Crippen LogP contribution in [0.2, 0.25) is 0 Å². The Balaban J connectivity index is 2.30. The van der Waals surface area contributed by atoms with Crippen molar-refractivity contribution in [2.45, 2.75) is 25.4 Å². The minimum absolute atomic E-state index is 0.119. The van der Waals surface area contributed by atoms with Crippen LogP contribution in [0.5, 0.6) is 0 Å². The molecule has 1 rings (SSSR count). The minimum Gasteiger partial charge on any atom is -0.469 e. The number of hydrogen-bond donors (Lipinski definition) is 1. The molecule has 6 heteroatoms. The zero-order chi connectivity index (χ0) is 10.6. The second-order valence-corrected chi connectivity index (χ2v) is 4.21. The Morgan fingerprint density at radius 2 is 2.14 bits per heavy atom. The molecule has 0 heterocycles. The number of thiol groups is 1. The predicted octanol–water partition coefficient (Wildman–Crippen LogP) is -0.0864. The summed E-state index contributed by atoms with van der Waals surface area (Å²) in [4.78, 5) is 11.1. The highest BCUT2D eigenvalue weighted by molar-refractivity contribution is 7.72. The van der Waals surface area contributed by atoms with Gasteiger partial charge in [-0.3, -0.25) is 4.79 Å². The van der Waals surface area contributed by atoms with E-state index in [1.165, 1.54) is 7.11 Å². The minimum atomic E-state index is -2.49. The average Bonchev–Trinajstić information content (AvgIpc) is 2.62. The van der Waals surface area contributed by atoms with Crippen LogP contribution in [0.4, 0.5) is 0 Å². The first-order chi connectivity index (χ1) is 6.63. The van der Waals surface area contributed by atoms with Crippen LogP contribution in [-0.4, -0.2) is 33.5 Å². The Kier molecular flexibility index (Phi) is 4.34. The zero-order valence-electron chi connectivity index (χ0n) is 7.97. The summed E-state index contributed by atoms with van der Waals surface area (Å²) in [5.74, 6) is -0.620. The van der Waals surface area contributed by atoms with Gasteiger partial charge in [-0.05, 0) is 19.3 Å². The summed E-state index contributed by atoms with van der Waals surface area (Å²) in [6.45, 7) is 0. The second-order valence-electron chi connectivity index (χ2n) is 3.28. The van der Waals surface area contributed by atoms with Crippen molar-refractivity contribution in [2.75, 3.05) is 13.0 Å². The molecule has 2 unspecified atom stereocenters. The lowest BCUT2D eigenvalue weighted by Gasteiger charge is -2.08. The number of ether oxygens (including phenoxy) is 2. The molecule has 0 bridgehead atoms. The Morgan fingerprint density at radius 3 is 2.71 bits per heavy atom. The van der Waals surface area contributed by atoms with Gasteiger partial charge < -0.3 is 9.47 Å². The van der Waals surface area contributed by atoms with E-state index in [0.29, 0.717) is 12.8 Å². The Labute approximate surface area is 84.3 Å². The van der Waals surface area contributed by atoms with Gasteiger partial charge in [0.15, 0.2) is 10.7 Å². The third-order valence-electron chi connectivity index (χ3n) is 2.33. The molecule has 0 aromatic rings. The molecule has 14 heavy (non-hydrogen) atoms. The van der Waals surface area contributed by atoms with Gasteiger partial charge in [0.05, 0.1) is 19.1 Å². The van der Waals surface area contributed by atoms with Crippen molar-refractivity contribution >= 4 is 16.7 Å². The summed E-state index contributed by atoms with van der Waals surface area (Å²) in [5, 5.41) is 0. The van der Waals surface area contributed by atoms with Crippen molar-refractivity contribution in [3.8, 4) is 0 Å². The van der Waals surface area contributed by atoms with Gasteiger partial charge in [0.25, 0.3) is 0 Å². The van der Waals surface area contributed by atoms with Crippen molar-refractivity contribution in [3.63, 3.8) is 0 Å². The lowest BCUT2D eigenvalue weighted by atomic mass is 10.1. The molecule has 1 aliphatic rings. The smallest absolute Gasteiger partial charge is 0.308 e. The van der Waals surface area contributed by atoms with E-state index in [4.69, 9.17) is 4.74 Å². The van der Waals surface area contributed by atoms with E-state index in [9.17, 15) is 13.2 Å². The molecule has 1 aliphatic carbocycles. The molecule has 0 spiro atoms. The fourth-order valence-corrected chi connectivity index (χ4v) is 1.97. The molecule has 1 fully saturated rings. The van der Waals surface area contributed by atoms with E-state index >= 15 is 0 Å². The van der Waals surface area contributed by atoms with Gasteiger partial charge in [-0.25, -0.2) is 8.42 Å². The van der Waals surface area contributed by atoms with Gasteiger partial charge in [-0.1, -0.05) is 0 Å². The van der Waals surface area contributed by atoms with E-state index in [1.54, 1.807) is 0 Å². The predicted molar refractivity (Wildman–Crippen MR) is 49.4 cm³/mol. The molecular formula is C8H14O5S. The molecule has 2 atom stereocenters. The van der Waals surface area contributed by atoms with Crippen LogP contribution >= 0.6 is 0 Å². The third kappa shape index (κ3) is 3.26. The van der Waals surface area contributed by atoms with Crippen LogP contribution < -0.4 is 0 Å². The highest BCUT2D eigenvalue weighted by atomic mass is 32.2. The SMILES string of the molecule is COC(=O)C1CCC(OC[SH](=O)=O)C1. The summed E-state index contributed by atoms with van der Waals surface area (Å²) in [6, 6.07) is 0. The van der Waals surface area contributed by atoms with Gasteiger partial charge in [0.1, 0.15) is 5.94 Å². The van der Waals surface area contributed by atoms with Crippen molar-refractivity contribution in [1.82, 2.24) is 0 Å². The molecule has 1 saturated carbocycles. The first kappa shape index (κ1) is 11.5. The summed E-state index contributed by atoms with van der Waals surface area (Å²) >= 11 is 0. The summed E-state index contributed by atoms with van der Waals surface area (Å²) < 4.78 is 30.2. The van der Waals surface area contributed by atoms with Gasteiger partial charge in [0.2, 0.25) is 0 Å². The first-order valence-electron chi connectivity index (χ1n) is 4.44. The van der Waals surface area contributed by atoms with Gasteiger partial charge in [-0.2, -0.15) is 0 Å². The largest absolute Gasteiger partial charge is 0.469 e. The quantitative estimate of drug-likeness (QED) is 0.532. The van der Waals surface area contributed by atoms with E-state index in [2.05, 4.69) is 4.74 Å². The van der Waals surface area contributed by atoms with Crippen LogP contribution in [0.1, 0.15) is 19.3 Å². The number of rotatable bonds is 4. The van der Waals surface area contributed by atoms with Crippen LogP contribution in [0.3, 0.4) is 0 Å². The van der Waals surface area contributed by atoms with E-state index in [-0.39, 0.29) is 23.9 Å². The van der Waals surface area contributed by atoms with Gasteiger partial charge >= 0.3 is 5.97 Å². The van der Waals surface area contributed by atoms with Crippen LogP contribution in [0, 0.1) is 5.92 Å². The molecule has 0 aromatic carbocycles. The van der Waals surface area contributed by atoms with E-state index < -0.39 is 10.7 Å². The fraction of sp³-hybridized carbons (Fsp3) is 0.875. The molecule has 0 aliphatic heterocycles. The van der Waals surface area contributed by atoms with Crippen LogP contribution in [0.25, 0.3) is 0 Å². The highest BCUT2D eigenvalue weighted by Gasteiger charge is 2.31. The van der Waals surface area contributed by atoms with Crippen molar-refractivity contribution in [3.05, 3.63) is 0 Å². The summed E-state index contributed by atoms with van der Waals surface area (Å²) in [6.07, 6.45) is 1.89. The van der Waals surface area contributed by atoms with Gasteiger partial charge in [-0.15, -0.1) is 0 Å². The average molecular weight is 222 g/mol. The maximum absolute atomic E-state index is 11.1. The molecule has 0 aromatic heterocycles. The van der Waals surface area contributed by atoms with Crippen molar-refractivity contribution in [1.29, 1.82) is 0 Å². The number of carbonyl (C=O) groups is 1. The highest BCUT2D eigenvalue weighted by Crippen LogP contribution is 2.28. The number of carbonyl (C=O) groups excluding carboxylic acids is 1. The molecule has 0 N–H and O–H groups in total. The van der Waals surface area contributed by atoms with E-state index in [0.717, 1.165) is 6.42 Å². The Hall–Kier alpha value is -0.620. The molecule has 0 amide bonds. The standard InChI is InChI=1S/C8H14O5S/c1-12-8(9)6-2-3-7(4-6)13-5-14(10)11/h6-7,14H,2-5H2,1H3. The van der Waals surface area contributed by atoms with E-state index in [1.807, 2.05) is 0 Å². The molecular weight excluding hydrogens is 208 g/mol. The van der Waals surface area contributed by atoms with Crippen LogP contribution in [0.15, 0.2) is 0 Å². The number of methoxy groups -OCH3 is 1. The molecule has 0 radical (unpaired) electrons. The third-order valence-corrected chi connectivity index (χ3v) is 2.69. The Morgan fingerprint density at radius 1 is 1.43 bits per heavy atom. The fourth-order valence-electron chi connectivity index (χ4n) is 1.64. The zero-order valence-corrected chi connectivity index (χ0v) is 8.87. The molecule has 0 saturated heterocycles. The second kappa shape index (κ2) is 5.31. The summed E-state index contributed by atoms with van der Waals surface area (Å²) in [5.41, 5.74) is 0. The molecule has 82 valence electrons. The normalized spacial score (nSPS) is 26.7. The van der Waals surface area contributed by atoms with Crippen LogP contribution in [-0.2, 0) is 25.0 Å². The lowest BCUT2D eigenvalue weighted by molar-refractivity contribution is -0.145. The topological polar surface area (TPSA) is 69.7 Å². The maximum atomic E-state index is 11.1. The molecule has 5 nitrogen and oxygen atoms in total. The lowest BCUT2D eigenvalue weighted by Crippen LogP contribution is -2.15. The first-order valence-corrected chi connectivity index (χ1v) is 5.81. The Bertz CT molecular complexity index is 265.